The first kappa shape index (κ1) is 26.7. The maximum absolute atomic E-state index is 10.8. The molecule has 0 saturated carbocycles. The standard InChI is InChI=1S/C33H31NO6/c1-37-26-14-9-22(10-15-26)33(23-11-16-27(38-2)17-12-23)34-25-13-18-29-24(20-25)21-31(40-29)28-6-3-4-7-30(28)39-19-5-8-32(35)36/h3-4,6-7,9-18,20-21,33-34H,5,8,19H2,1-2H3,(H,35,36). The van der Waals surface area contributed by atoms with E-state index in [4.69, 9.17) is 23.7 Å². The number of nitrogens with one attached hydrogen (secondary N) is 1. The molecule has 0 spiro atoms. The lowest BCUT2D eigenvalue weighted by atomic mass is 9.98. The van der Waals surface area contributed by atoms with Gasteiger partial charge in [0.1, 0.15) is 28.6 Å². The smallest absolute Gasteiger partial charge is 0.303 e. The molecule has 0 aliphatic carbocycles. The molecule has 7 heteroatoms. The molecule has 4 aromatic carbocycles. The van der Waals surface area contributed by atoms with E-state index in [1.54, 1.807) is 14.2 Å². The molecule has 0 aliphatic rings. The summed E-state index contributed by atoms with van der Waals surface area (Å²) in [6, 6.07) is 31.6. The number of methoxy groups -OCH3 is 2. The minimum absolute atomic E-state index is 0.0661. The number of benzene rings is 4. The van der Waals surface area contributed by atoms with Crippen LogP contribution < -0.4 is 19.5 Å². The molecule has 0 fully saturated rings. The summed E-state index contributed by atoms with van der Waals surface area (Å²) >= 11 is 0. The number of carbonyl (C=O) groups is 1. The number of rotatable bonds is 12. The molecule has 0 aliphatic heterocycles. The first-order valence-electron chi connectivity index (χ1n) is 13.1. The van der Waals surface area contributed by atoms with Gasteiger partial charge in [0.15, 0.2) is 0 Å². The minimum atomic E-state index is -0.834. The van der Waals surface area contributed by atoms with Gasteiger partial charge < -0.3 is 29.1 Å². The first-order chi connectivity index (χ1) is 19.5. The number of anilines is 1. The zero-order valence-corrected chi connectivity index (χ0v) is 22.4. The number of fused-ring (bicyclic) bond motifs is 1. The fraction of sp³-hybridized carbons (Fsp3) is 0.182. The number of hydrogen-bond acceptors (Lipinski definition) is 6. The van der Waals surface area contributed by atoms with Crippen LogP contribution in [0.25, 0.3) is 22.3 Å². The monoisotopic (exact) mass is 537 g/mol. The molecule has 1 heterocycles. The van der Waals surface area contributed by atoms with Gasteiger partial charge in [-0.1, -0.05) is 36.4 Å². The summed E-state index contributed by atoms with van der Waals surface area (Å²) in [5.41, 5.74) is 4.69. The van der Waals surface area contributed by atoms with E-state index in [2.05, 4.69) is 35.6 Å². The van der Waals surface area contributed by atoms with Crippen LogP contribution in [0, 0.1) is 0 Å². The Hall–Kier alpha value is -4.91. The molecule has 0 amide bonds. The Balaban J connectivity index is 1.42. The van der Waals surface area contributed by atoms with Crippen LogP contribution in [0.15, 0.2) is 101 Å². The molecule has 204 valence electrons. The molecule has 1 aromatic heterocycles. The molecule has 2 N–H and O–H groups in total. The number of carboxylic acids is 1. The summed E-state index contributed by atoms with van der Waals surface area (Å²) in [5, 5.41) is 13.5. The van der Waals surface area contributed by atoms with Crippen molar-refractivity contribution in [1.29, 1.82) is 0 Å². The highest BCUT2D eigenvalue weighted by molar-refractivity contribution is 5.87. The van der Waals surface area contributed by atoms with Gasteiger partial charge in [0.2, 0.25) is 0 Å². The maximum Gasteiger partial charge on any atom is 0.303 e. The van der Waals surface area contributed by atoms with Gasteiger partial charge >= 0.3 is 5.97 Å². The van der Waals surface area contributed by atoms with Gasteiger partial charge in [0, 0.05) is 17.5 Å². The number of para-hydroxylation sites is 1. The van der Waals surface area contributed by atoms with Crippen LogP contribution in [-0.4, -0.2) is 31.9 Å². The van der Waals surface area contributed by atoms with Crippen molar-refractivity contribution in [2.75, 3.05) is 26.1 Å². The van der Waals surface area contributed by atoms with Gasteiger partial charge in [-0.2, -0.15) is 0 Å². The fourth-order valence-corrected chi connectivity index (χ4v) is 4.59. The Morgan fingerprint density at radius 3 is 2.12 bits per heavy atom. The van der Waals surface area contributed by atoms with Crippen LogP contribution in [0.4, 0.5) is 5.69 Å². The molecule has 0 saturated heterocycles. The second-order valence-electron chi connectivity index (χ2n) is 9.33. The Bertz CT molecular complexity index is 1530. The van der Waals surface area contributed by atoms with Crippen LogP contribution in [0.2, 0.25) is 0 Å². The van der Waals surface area contributed by atoms with Crippen molar-refractivity contribution in [3.05, 3.63) is 108 Å². The molecule has 0 atom stereocenters. The Labute approximate surface area is 232 Å². The van der Waals surface area contributed by atoms with Crippen molar-refractivity contribution in [3.63, 3.8) is 0 Å². The summed E-state index contributed by atoms with van der Waals surface area (Å²) < 4.78 is 22.8. The van der Waals surface area contributed by atoms with Gasteiger partial charge in [0.05, 0.1) is 32.4 Å². The van der Waals surface area contributed by atoms with Crippen molar-refractivity contribution < 1.29 is 28.5 Å². The molecule has 7 nitrogen and oxygen atoms in total. The number of aliphatic carboxylic acids is 1. The van der Waals surface area contributed by atoms with Crippen LogP contribution >= 0.6 is 0 Å². The first-order valence-corrected chi connectivity index (χ1v) is 13.1. The number of hydrogen-bond donors (Lipinski definition) is 2. The third-order valence-corrected chi connectivity index (χ3v) is 6.67. The van der Waals surface area contributed by atoms with E-state index in [9.17, 15) is 4.79 Å². The fourth-order valence-electron chi connectivity index (χ4n) is 4.59. The SMILES string of the molecule is COc1ccc(C(Nc2ccc3oc(-c4ccccc4OCCCC(=O)O)cc3c2)c2ccc(OC)cc2)cc1. The van der Waals surface area contributed by atoms with Crippen LogP contribution in [0.1, 0.15) is 30.0 Å². The molecule has 0 radical (unpaired) electrons. The number of ether oxygens (including phenoxy) is 3. The number of carboxylic acid groups (broad SMARTS) is 1. The normalized spacial score (nSPS) is 11.0. The van der Waals surface area contributed by atoms with Crippen molar-refractivity contribution in [2.24, 2.45) is 0 Å². The van der Waals surface area contributed by atoms with Crippen molar-refractivity contribution in [2.45, 2.75) is 18.9 Å². The van der Waals surface area contributed by atoms with Gasteiger partial charge in [-0.25, -0.2) is 0 Å². The van der Waals surface area contributed by atoms with Gasteiger partial charge in [-0.3, -0.25) is 4.79 Å². The lowest BCUT2D eigenvalue weighted by Gasteiger charge is -2.22. The van der Waals surface area contributed by atoms with E-state index in [1.807, 2.05) is 66.7 Å². The third-order valence-electron chi connectivity index (χ3n) is 6.67. The molecular weight excluding hydrogens is 506 g/mol. The predicted molar refractivity (Wildman–Crippen MR) is 155 cm³/mol. The summed E-state index contributed by atoms with van der Waals surface area (Å²) in [5.74, 6) is 2.11. The quantitative estimate of drug-likeness (QED) is 0.159. The largest absolute Gasteiger partial charge is 0.497 e. The average Bonchev–Trinajstić information content (AvgIpc) is 3.42. The van der Waals surface area contributed by atoms with Crippen molar-refractivity contribution in [3.8, 4) is 28.6 Å². The van der Waals surface area contributed by atoms with E-state index in [0.717, 1.165) is 44.8 Å². The Kier molecular flexibility index (Phi) is 8.21. The van der Waals surface area contributed by atoms with E-state index in [1.165, 1.54) is 0 Å². The maximum atomic E-state index is 10.8. The zero-order chi connectivity index (χ0) is 27.9. The van der Waals surface area contributed by atoms with Crippen molar-refractivity contribution in [1.82, 2.24) is 0 Å². The van der Waals surface area contributed by atoms with Crippen molar-refractivity contribution >= 4 is 22.6 Å². The molecule has 0 unspecified atom stereocenters. The number of furan rings is 1. The lowest BCUT2D eigenvalue weighted by molar-refractivity contribution is -0.137. The van der Waals surface area contributed by atoms with E-state index >= 15 is 0 Å². The highest BCUT2D eigenvalue weighted by Gasteiger charge is 2.17. The average molecular weight is 538 g/mol. The summed E-state index contributed by atoms with van der Waals surface area (Å²) in [7, 11) is 3.32. The van der Waals surface area contributed by atoms with Gasteiger partial charge in [0.25, 0.3) is 0 Å². The van der Waals surface area contributed by atoms with Crippen LogP contribution in [0.5, 0.6) is 17.2 Å². The predicted octanol–water partition coefficient (Wildman–Crippen LogP) is 7.56. The molecule has 5 aromatic rings. The summed E-state index contributed by atoms with van der Waals surface area (Å²) in [6.45, 7) is 0.315. The third kappa shape index (κ3) is 6.21. The second-order valence-corrected chi connectivity index (χ2v) is 9.33. The molecule has 5 rings (SSSR count). The van der Waals surface area contributed by atoms with Crippen LogP contribution in [0.3, 0.4) is 0 Å². The van der Waals surface area contributed by atoms with E-state index < -0.39 is 5.97 Å². The topological polar surface area (TPSA) is 90.2 Å². The highest BCUT2D eigenvalue weighted by Crippen LogP contribution is 2.36. The molecular formula is C33H31NO6. The second kappa shape index (κ2) is 12.3. The minimum Gasteiger partial charge on any atom is -0.497 e. The van der Waals surface area contributed by atoms with Gasteiger partial charge in [-0.05, 0) is 78.2 Å². The highest BCUT2D eigenvalue weighted by atomic mass is 16.5. The lowest BCUT2D eigenvalue weighted by Crippen LogP contribution is -2.12. The summed E-state index contributed by atoms with van der Waals surface area (Å²) in [4.78, 5) is 10.8. The summed E-state index contributed by atoms with van der Waals surface area (Å²) in [6.07, 6.45) is 0.499. The van der Waals surface area contributed by atoms with Gasteiger partial charge in [-0.15, -0.1) is 0 Å². The Morgan fingerprint density at radius 1 is 0.850 bits per heavy atom. The van der Waals surface area contributed by atoms with E-state index in [0.29, 0.717) is 24.5 Å². The molecule has 0 bridgehead atoms. The van der Waals surface area contributed by atoms with E-state index in [-0.39, 0.29) is 12.5 Å². The van der Waals surface area contributed by atoms with Crippen LogP contribution in [-0.2, 0) is 4.79 Å². The zero-order valence-electron chi connectivity index (χ0n) is 22.4. The Morgan fingerprint density at radius 2 is 1.50 bits per heavy atom. The molecule has 40 heavy (non-hydrogen) atoms.